The van der Waals surface area contributed by atoms with E-state index in [-0.39, 0.29) is 0 Å². The molecule has 6 heavy (non-hydrogen) atoms. The molecule has 0 unspecified atom stereocenters. The zero-order valence-corrected chi connectivity index (χ0v) is 3.48. The summed E-state index contributed by atoms with van der Waals surface area (Å²) in [6.45, 7) is 3.39. The van der Waals surface area contributed by atoms with Gasteiger partial charge in [-0.2, -0.15) is 0 Å². The van der Waals surface area contributed by atoms with Crippen LogP contribution in [0.5, 0.6) is 0 Å². The molecule has 0 rings (SSSR count). The van der Waals surface area contributed by atoms with Gasteiger partial charge in [0, 0.05) is 6.42 Å². The topological polar surface area (TPSA) is 37.0 Å². The Hall–Kier alpha value is -0.790. The predicted molar refractivity (Wildman–Crippen MR) is 25.2 cm³/mol. The van der Waals surface area contributed by atoms with Crippen LogP contribution in [0.25, 0.3) is 0 Å². The lowest BCUT2D eigenvalue weighted by Crippen LogP contribution is -2.59. The van der Waals surface area contributed by atoms with Gasteiger partial charge in [0.2, 0.25) is 0 Å². The van der Waals surface area contributed by atoms with Gasteiger partial charge in [0.1, 0.15) is 0 Å². The van der Waals surface area contributed by atoms with Gasteiger partial charge in [-0.15, -0.1) is 6.58 Å². The quantitative estimate of drug-likeness (QED) is 0.203. The lowest BCUT2D eigenvalue weighted by atomic mass is 10.5. The van der Waals surface area contributed by atoms with Crippen LogP contribution in [0.4, 0.5) is 0 Å². The molecule has 0 saturated heterocycles. The minimum atomic E-state index is 0.628. The van der Waals surface area contributed by atoms with Crippen molar-refractivity contribution in [3.05, 3.63) is 17.9 Å². The van der Waals surface area contributed by atoms with E-state index < -0.39 is 0 Å². The minimum absolute atomic E-state index is 0.628. The van der Waals surface area contributed by atoms with Gasteiger partial charge in [0.05, 0.1) is 0 Å². The monoisotopic (exact) mass is 85.1 g/mol. The minimum Gasteiger partial charge on any atom is -0.626 e. The highest BCUT2D eigenvalue weighted by Gasteiger charge is 1.63. The zero-order chi connectivity index (χ0) is 4.83. The lowest BCUT2D eigenvalue weighted by molar-refractivity contribution is -0.368. The highest BCUT2D eigenvalue weighted by molar-refractivity contribution is 5.52. The van der Waals surface area contributed by atoms with Gasteiger partial charge in [-0.1, -0.05) is 6.08 Å². The van der Waals surface area contributed by atoms with Crippen molar-refractivity contribution in [2.75, 3.05) is 0 Å². The van der Waals surface area contributed by atoms with Gasteiger partial charge in [0.15, 0.2) is 6.21 Å². The first-order valence-corrected chi connectivity index (χ1v) is 1.72. The molecule has 0 heterocycles. The molecule has 1 N–H and O–H groups in total. The highest BCUT2D eigenvalue weighted by atomic mass is 16.4. The average molecular weight is 85.1 g/mol. The molecule has 0 radical (unpaired) electrons. The van der Waals surface area contributed by atoms with Crippen LogP contribution in [-0.4, -0.2) is 6.21 Å². The third kappa shape index (κ3) is 3.21. The molecule has 2 nitrogen and oxygen atoms in total. The Morgan fingerprint density at radius 3 is 2.67 bits per heavy atom. The van der Waals surface area contributed by atoms with E-state index in [9.17, 15) is 5.21 Å². The number of allylic oxidation sites excluding steroid dienone is 1. The Labute approximate surface area is 36.8 Å². The molecule has 0 atom stereocenters. The van der Waals surface area contributed by atoms with Crippen molar-refractivity contribution < 1.29 is 5.16 Å². The molecule has 0 aliphatic rings. The molecule has 0 aromatic carbocycles. The highest BCUT2D eigenvalue weighted by Crippen LogP contribution is 1.62. The summed E-state index contributed by atoms with van der Waals surface area (Å²) >= 11 is 0. The van der Waals surface area contributed by atoms with Gasteiger partial charge < -0.3 is 5.21 Å². The first-order valence-electron chi connectivity index (χ1n) is 1.72. The molecule has 0 saturated carbocycles. The molecule has 34 valence electrons. The van der Waals surface area contributed by atoms with Gasteiger partial charge in [0.25, 0.3) is 0 Å². The molecule has 0 bridgehead atoms. The SMILES string of the molecule is C=CCC=[NH+][O-]. The molecule has 0 spiro atoms. The van der Waals surface area contributed by atoms with Crippen LogP contribution in [0.1, 0.15) is 6.42 Å². The molecular formula is C4H7NO. The summed E-state index contributed by atoms with van der Waals surface area (Å²) in [5, 5.41) is 11.0. The van der Waals surface area contributed by atoms with E-state index in [1.54, 1.807) is 11.2 Å². The fraction of sp³-hybridized carbons (Fsp3) is 0.250. The van der Waals surface area contributed by atoms with Gasteiger partial charge in [-0.25, -0.2) is 5.16 Å². The molecule has 0 aromatic heterocycles. The molecule has 0 aromatic rings. The van der Waals surface area contributed by atoms with Crippen molar-refractivity contribution in [2.45, 2.75) is 6.42 Å². The maximum atomic E-state index is 9.34. The standard InChI is InChI=1S/C4H7NO/c1-2-3-4-5-6/h2,4-5H,1,3H2. The maximum absolute atomic E-state index is 9.34. The van der Waals surface area contributed by atoms with E-state index in [4.69, 9.17) is 0 Å². The normalized spacial score (nSPS) is 9.33. The van der Waals surface area contributed by atoms with Crippen molar-refractivity contribution >= 4 is 6.21 Å². The summed E-state index contributed by atoms with van der Waals surface area (Å²) in [5.74, 6) is 0. The molecule has 0 amide bonds. The largest absolute Gasteiger partial charge is 0.626 e. The third-order valence-corrected chi connectivity index (χ3v) is 0.368. The van der Waals surface area contributed by atoms with E-state index in [2.05, 4.69) is 6.58 Å². The molecule has 0 fully saturated rings. The summed E-state index contributed by atoms with van der Waals surface area (Å²) in [7, 11) is 0. The van der Waals surface area contributed by atoms with Crippen molar-refractivity contribution in [3.8, 4) is 0 Å². The molecule has 0 aliphatic carbocycles. The van der Waals surface area contributed by atoms with Crippen molar-refractivity contribution in [3.63, 3.8) is 0 Å². The predicted octanol–water partition coefficient (Wildman–Crippen LogP) is -0.788. The second kappa shape index (κ2) is 4.21. The zero-order valence-electron chi connectivity index (χ0n) is 3.48. The first-order chi connectivity index (χ1) is 2.91. The fourth-order valence-electron chi connectivity index (χ4n) is 0.131. The van der Waals surface area contributed by atoms with Crippen molar-refractivity contribution in [1.82, 2.24) is 0 Å². The van der Waals surface area contributed by atoms with E-state index >= 15 is 0 Å². The Kier molecular flexibility index (Phi) is 3.66. The summed E-state index contributed by atoms with van der Waals surface area (Å²) in [4.78, 5) is 0. The van der Waals surface area contributed by atoms with E-state index in [0.717, 1.165) is 0 Å². The van der Waals surface area contributed by atoms with Crippen LogP contribution in [0.15, 0.2) is 12.7 Å². The van der Waals surface area contributed by atoms with Crippen LogP contribution in [0.2, 0.25) is 0 Å². The number of nitrogens with one attached hydrogen (secondary N) is 1. The van der Waals surface area contributed by atoms with Gasteiger partial charge >= 0.3 is 0 Å². The Balaban J connectivity index is 2.85. The van der Waals surface area contributed by atoms with E-state index in [1.165, 1.54) is 6.21 Å². The van der Waals surface area contributed by atoms with Gasteiger partial charge in [-0.05, 0) is 0 Å². The van der Waals surface area contributed by atoms with Crippen LogP contribution in [-0.2, 0) is 0 Å². The van der Waals surface area contributed by atoms with Crippen molar-refractivity contribution in [2.24, 2.45) is 0 Å². The first kappa shape index (κ1) is 5.21. The Morgan fingerprint density at radius 2 is 2.50 bits per heavy atom. The Bertz CT molecular complexity index is 58.6. The summed E-state index contributed by atoms with van der Waals surface area (Å²) in [5.41, 5.74) is 0. The van der Waals surface area contributed by atoms with Crippen molar-refractivity contribution in [1.29, 1.82) is 0 Å². The smallest absolute Gasteiger partial charge is 0.152 e. The molecule has 2 heteroatoms. The van der Waals surface area contributed by atoms with Crippen LogP contribution < -0.4 is 5.16 Å². The van der Waals surface area contributed by atoms with Crippen LogP contribution >= 0.6 is 0 Å². The second-order valence-corrected chi connectivity index (χ2v) is 0.846. The second-order valence-electron chi connectivity index (χ2n) is 0.846. The third-order valence-electron chi connectivity index (χ3n) is 0.368. The lowest BCUT2D eigenvalue weighted by Gasteiger charge is -1.72. The van der Waals surface area contributed by atoms with Crippen LogP contribution in [0, 0.1) is 5.21 Å². The fourth-order valence-corrected chi connectivity index (χ4v) is 0.131. The number of hydrogen-bond acceptors (Lipinski definition) is 1. The maximum Gasteiger partial charge on any atom is 0.152 e. The van der Waals surface area contributed by atoms with Gasteiger partial charge in [-0.3, -0.25) is 0 Å². The number of hydrogen-bond donors (Lipinski definition) is 1. The summed E-state index contributed by atoms with van der Waals surface area (Å²) in [6.07, 6.45) is 3.65. The summed E-state index contributed by atoms with van der Waals surface area (Å²) < 4.78 is 0. The molecular weight excluding hydrogens is 78.0 g/mol. The van der Waals surface area contributed by atoms with E-state index in [1.807, 2.05) is 0 Å². The number of rotatable bonds is 2. The average Bonchev–Trinajstić information content (AvgIpc) is 1.61. The molecule has 0 aliphatic heterocycles. The summed E-state index contributed by atoms with van der Waals surface area (Å²) in [6, 6.07) is 0. The van der Waals surface area contributed by atoms with Crippen LogP contribution in [0.3, 0.4) is 0 Å². The van der Waals surface area contributed by atoms with E-state index in [0.29, 0.717) is 6.42 Å². The Morgan fingerprint density at radius 1 is 1.83 bits per heavy atom.